The van der Waals surface area contributed by atoms with Crippen molar-refractivity contribution in [1.29, 1.82) is 0 Å². The SMILES string of the molecule is NC1CCCC1C(=O)NCc1nn[nH]n1. The van der Waals surface area contributed by atoms with E-state index in [9.17, 15) is 4.79 Å². The number of tetrazole rings is 1. The maximum atomic E-state index is 11.7. The van der Waals surface area contributed by atoms with E-state index < -0.39 is 0 Å². The summed E-state index contributed by atoms with van der Waals surface area (Å²) in [5, 5.41) is 16.0. The highest BCUT2D eigenvalue weighted by Crippen LogP contribution is 2.23. The number of nitrogens with one attached hydrogen (secondary N) is 2. The lowest BCUT2D eigenvalue weighted by Gasteiger charge is -2.13. The lowest BCUT2D eigenvalue weighted by atomic mass is 10.0. The lowest BCUT2D eigenvalue weighted by molar-refractivity contribution is -0.125. The van der Waals surface area contributed by atoms with Gasteiger partial charge in [-0.15, -0.1) is 10.2 Å². The molecule has 1 saturated carbocycles. The molecule has 2 unspecified atom stereocenters. The first kappa shape index (κ1) is 10.0. The Morgan fingerprint density at radius 1 is 1.60 bits per heavy atom. The molecule has 1 aliphatic carbocycles. The molecular formula is C8H14N6O. The Balaban J connectivity index is 1.82. The van der Waals surface area contributed by atoms with Gasteiger partial charge in [0.15, 0.2) is 5.82 Å². The molecule has 1 heterocycles. The van der Waals surface area contributed by atoms with E-state index in [1.54, 1.807) is 0 Å². The van der Waals surface area contributed by atoms with Gasteiger partial charge < -0.3 is 11.1 Å². The van der Waals surface area contributed by atoms with Crippen LogP contribution in [0.3, 0.4) is 0 Å². The van der Waals surface area contributed by atoms with Crippen LogP contribution in [0.4, 0.5) is 0 Å². The van der Waals surface area contributed by atoms with Gasteiger partial charge in [-0.1, -0.05) is 11.6 Å². The first-order valence-corrected chi connectivity index (χ1v) is 5.03. The molecule has 0 bridgehead atoms. The summed E-state index contributed by atoms with van der Waals surface area (Å²) < 4.78 is 0. The van der Waals surface area contributed by atoms with Crippen molar-refractivity contribution in [1.82, 2.24) is 25.9 Å². The fraction of sp³-hybridized carbons (Fsp3) is 0.750. The first-order valence-electron chi connectivity index (χ1n) is 5.03. The van der Waals surface area contributed by atoms with Crippen LogP contribution in [0.15, 0.2) is 0 Å². The number of nitrogens with two attached hydrogens (primary N) is 1. The standard InChI is InChI=1S/C8H14N6O/c9-6-3-1-2-5(6)8(15)10-4-7-11-13-14-12-7/h5-6H,1-4,9H2,(H,10,15)(H,11,12,13,14). The minimum Gasteiger partial charge on any atom is -0.348 e. The van der Waals surface area contributed by atoms with E-state index in [2.05, 4.69) is 25.9 Å². The number of aromatic nitrogens is 4. The molecule has 0 saturated heterocycles. The van der Waals surface area contributed by atoms with Gasteiger partial charge in [0.2, 0.25) is 5.91 Å². The molecule has 0 aliphatic heterocycles. The molecule has 15 heavy (non-hydrogen) atoms. The van der Waals surface area contributed by atoms with Crippen LogP contribution in [-0.4, -0.2) is 32.6 Å². The summed E-state index contributed by atoms with van der Waals surface area (Å²) in [6.45, 7) is 0.304. The van der Waals surface area contributed by atoms with E-state index in [4.69, 9.17) is 5.73 Å². The highest BCUT2D eigenvalue weighted by atomic mass is 16.1. The lowest BCUT2D eigenvalue weighted by Crippen LogP contribution is -2.38. The fourth-order valence-corrected chi connectivity index (χ4v) is 1.87. The summed E-state index contributed by atoms with van der Waals surface area (Å²) in [5.74, 6) is 0.414. The van der Waals surface area contributed by atoms with Crippen LogP contribution in [0.1, 0.15) is 25.1 Å². The highest BCUT2D eigenvalue weighted by molar-refractivity contribution is 5.79. The van der Waals surface area contributed by atoms with Gasteiger partial charge in [-0.25, -0.2) is 0 Å². The van der Waals surface area contributed by atoms with Gasteiger partial charge in [-0.2, -0.15) is 5.21 Å². The molecule has 0 spiro atoms. The molecule has 4 N–H and O–H groups in total. The molecule has 0 aromatic carbocycles. The van der Waals surface area contributed by atoms with E-state index >= 15 is 0 Å². The molecule has 1 fully saturated rings. The Labute approximate surface area is 86.8 Å². The van der Waals surface area contributed by atoms with Gasteiger partial charge in [0.25, 0.3) is 0 Å². The maximum absolute atomic E-state index is 11.7. The zero-order valence-corrected chi connectivity index (χ0v) is 8.31. The van der Waals surface area contributed by atoms with Crippen molar-refractivity contribution in [2.75, 3.05) is 0 Å². The zero-order valence-electron chi connectivity index (χ0n) is 8.31. The Morgan fingerprint density at radius 2 is 2.47 bits per heavy atom. The molecular weight excluding hydrogens is 196 g/mol. The Morgan fingerprint density at radius 3 is 3.07 bits per heavy atom. The average Bonchev–Trinajstić information content (AvgIpc) is 2.84. The number of hydrogen-bond acceptors (Lipinski definition) is 5. The monoisotopic (exact) mass is 210 g/mol. The molecule has 7 heteroatoms. The Hall–Kier alpha value is -1.50. The van der Waals surface area contributed by atoms with Gasteiger partial charge in [-0.05, 0) is 12.8 Å². The van der Waals surface area contributed by atoms with Gasteiger partial charge in [0.1, 0.15) is 0 Å². The van der Waals surface area contributed by atoms with Crippen molar-refractivity contribution in [2.24, 2.45) is 11.7 Å². The number of aromatic amines is 1. The minimum absolute atomic E-state index is 0.00438. The third-order valence-corrected chi connectivity index (χ3v) is 2.72. The van der Waals surface area contributed by atoms with Crippen molar-refractivity contribution in [2.45, 2.75) is 31.8 Å². The Kier molecular flexibility index (Phi) is 2.91. The predicted molar refractivity (Wildman–Crippen MR) is 51.3 cm³/mol. The molecule has 7 nitrogen and oxygen atoms in total. The molecule has 2 atom stereocenters. The molecule has 2 rings (SSSR count). The van der Waals surface area contributed by atoms with Crippen LogP contribution in [-0.2, 0) is 11.3 Å². The van der Waals surface area contributed by atoms with Crippen molar-refractivity contribution >= 4 is 5.91 Å². The summed E-state index contributed by atoms with van der Waals surface area (Å²) in [4.78, 5) is 11.7. The van der Waals surface area contributed by atoms with Crippen LogP contribution < -0.4 is 11.1 Å². The largest absolute Gasteiger partial charge is 0.348 e. The maximum Gasteiger partial charge on any atom is 0.225 e. The zero-order chi connectivity index (χ0) is 10.7. The normalized spacial score (nSPS) is 25.4. The molecule has 1 amide bonds. The van der Waals surface area contributed by atoms with Crippen LogP contribution in [0.2, 0.25) is 0 Å². The summed E-state index contributed by atoms with van der Waals surface area (Å²) >= 11 is 0. The number of rotatable bonds is 3. The number of carbonyl (C=O) groups is 1. The molecule has 1 aromatic rings. The van der Waals surface area contributed by atoms with Gasteiger partial charge in [0.05, 0.1) is 12.5 Å². The Bertz CT molecular complexity index is 324. The van der Waals surface area contributed by atoms with Gasteiger partial charge in [-0.3, -0.25) is 4.79 Å². The molecule has 0 radical (unpaired) electrons. The van der Waals surface area contributed by atoms with Crippen LogP contribution >= 0.6 is 0 Å². The third-order valence-electron chi connectivity index (χ3n) is 2.72. The van der Waals surface area contributed by atoms with Crippen molar-refractivity contribution in [3.8, 4) is 0 Å². The fourth-order valence-electron chi connectivity index (χ4n) is 1.87. The van der Waals surface area contributed by atoms with Crippen LogP contribution in [0, 0.1) is 5.92 Å². The smallest absolute Gasteiger partial charge is 0.225 e. The summed E-state index contributed by atoms with van der Waals surface area (Å²) in [6.07, 6.45) is 2.83. The van der Waals surface area contributed by atoms with Gasteiger partial charge in [0, 0.05) is 6.04 Å². The van der Waals surface area contributed by atoms with Crippen LogP contribution in [0.25, 0.3) is 0 Å². The van der Waals surface area contributed by atoms with E-state index in [-0.39, 0.29) is 17.9 Å². The van der Waals surface area contributed by atoms with Crippen molar-refractivity contribution in [3.05, 3.63) is 5.82 Å². The van der Waals surface area contributed by atoms with Gasteiger partial charge >= 0.3 is 0 Å². The van der Waals surface area contributed by atoms with Crippen molar-refractivity contribution in [3.63, 3.8) is 0 Å². The van der Waals surface area contributed by atoms with E-state index in [1.807, 2.05) is 0 Å². The van der Waals surface area contributed by atoms with Crippen molar-refractivity contribution < 1.29 is 4.79 Å². The van der Waals surface area contributed by atoms with E-state index in [0.717, 1.165) is 19.3 Å². The second kappa shape index (κ2) is 4.35. The number of hydrogen-bond donors (Lipinski definition) is 3. The summed E-state index contributed by atoms with van der Waals surface area (Å²) in [7, 11) is 0. The minimum atomic E-state index is -0.0584. The number of carbonyl (C=O) groups excluding carboxylic acids is 1. The molecule has 1 aromatic heterocycles. The topological polar surface area (TPSA) is 110 Å². The number of H-pyrrole nitrogens is 1. The number of amides is 1. The second-order valence-corrected chi connectivity index (χ2v) is 3.75. The predicted octanol–water partition coefficient (Wildman–Crippen LogP) is -1.06. The second-order valence-electron chi connectivity index (χ2n) is 3.75. The summed E-state index contributed by atoms with van der Waals surface area (Å²) in [6, 6.07) is -0.00438. The molecule has 82 valence electrons. The first-order chi connectivity index (χ1) is 7.27. The highest BCUT2D eigenvalue weighted by Gasteiger charge is 2.29. The third kappa shape index (κ3) is 2.30. The van der Waals surface area contributed by atoms with E-state index in [1.165, 1.54) is 0 Å². The quantitative estimate of drug-likeness (QED) is 0.589. The number of nitrogens with zero attached hydrogens (tertiary/aromatic N) is 3. The van der Waals surface area contributed by atoms with Crippen LogP contribution in [0.5, 0.6) is 0 Å². The average molecular weight is 210 g/mol. The summed E-state index contributed by atoms with van der Waals surface area (Å²) in [5.41, 5.74) is 5.82. The van der Waals surface area contributed by atoms with E-state index in [0.29, 0.717) is 12.4 Å². The molecule has 1 aliphatic rings.